The molecule has 5 heteroatoms. The van der Waals surface area contributed by atoms with Crippen molar-refractivity contribution in [1.82, 2.24) is 9.78 Å². The fourth-order valence-corrected chi connectivity index (χ4v) is 6.31. The van der Waals surface area contributed by atoms with Crippen LogP contribution in [0.15, 0.2) is 40.8 Å². The molecule has 0 saturated heterocycles. The molecule has 1 heterocycles. The number of phenolic OH excluding ortho intramolecular Hbond substituents is 1. The number of hydrogen-bond donors (Lipinski definition) is 1. The molecule has 0 radical (unpaired) electrons. The Morgan fingerprint density at radius 2 is 2.17 bits per heavy atom. The molecule has 2 aromatic rings. The smallest absolute Gasteiger partial charge is 0.115 e. The second kappa shape index (κ2) is 7.12. The summed E-state index contributed by atoms with van der Waals surface area (Å²) in [5.74, 6) is 2.46. The van der Waals surface area contributed by atoms with Crippen molar-refractivity contribution in [1.29, 1.82) is 0 Å². The number of hydrogen-bond acceptors (Lipinski definition) is 4. The first kappa shape index (κ1) is 18.6. The van der Waals surface area contributed by atoms with E-state index in [-0.39, 0.29) is 5.41 Å². The summed E-state index contributed by atoms with van der Waals surface area (Å²) in [7, 11) is 0. The highest BCUT2D eigenvalue weighted by molar-refractivity contribution is 5.93. The predicted octanol–water partition coefficient (Wildman–Crippen LogP) is 4.94. The van der Waals surface area contributed by atoms with Gasteiger partial charge in [-0.25, -0.2) is 0 Å². The van der Waals surface area contributed by atoms with Crippen molar-refractivity contribution in [3.63, 3.8) is 0 Å². The Morgan fingerprint density at radius 1 is 1.28 bits per heavy atom. The van der Waals surface area contributed by atoms with E-state index in [0.29, 0.717) is 17.6 Å². The zero-order chi connectivity index (χ0) is 20.0. The molecule has 29 heavy (non-hydrogen) atoms. The molecule has 0 aliphatic heterocycles. The summed E-state index contributed by atoms with van der Waals surface area (Å²) in [6.45, 7) is 5.38. The Hall–Kier alpha value is -2.43. The molecule has 1 aromatic heterocycles. The predicted molar refractivity (Wildman–Crippen MR) is 116 cm³/mol. The number of aromatic nitrogens is 2. The molecule has 0 spiro atoms. The summed E-state index contributed by atoms with van der Waals surface area (Å²) in [5, 5.41) is 23.3. The largest absolute Gasteiger partial charge is 0.508 e. The van der Waals surface area contributed by atoms with E-state index in [9.17, 15) is 5.11 Å². The molecule has 152 valence electrons. The van der Waals surface area contributed by atoms with Gasteiger partial charge in [-0.2, -0.15) is 15.3 Å². The van der Waals surface area contributed by atoms with Gasteiger partial charge in [0.2, 0.25) is 0 Å². The van der Waals surface area contributed by atoms with Gasteiger partial charge in [0.15, 0.2) is 0 Å². The maximum Gasteiger partial charge on any atom is 0.115 e. The molecule has 0 unspecified atom stereocenters. The highest BCUT2D eigenvalue weighted by Crippen LogP contribution is 2.60. The number of aryl methyl sites for hydroxylation is 2. The minimum Gasteiger partial charge on any atom is -0.508 e. The number of phenols is 1. The highest BCUT2D eigenvalue weighted by Gasteiger charge is 2.53. The molecule has 0 bridgehead atoms. The number of benzene rings is 1. The maximum absolute atomic E-state index is 9.86. The molecule has 0 amide bonds. The van der Waals surface area contributed by atoms with Crippen molar-refractivity contribution >= 4 is 11.9 Å². The number of rotatable bonds is 3. The number of fused-ring (bicyclic) bond motifs is 5. The molecular formula is C24H30N4O. The van der Waals surface area contributed by atoms with Gasteiger partial charge in [0.05, 0.1) is 12.4 Å². The first-order valence-corrected chi connectivity index (χ1v) is 11.0. The first-order valence-electron chi connectivity index (χ1n) is 11.0. The summed E-state index contributed by atoms with van der Waals surface area (Å²) < 4.78 is 1.91. The average Bonchev–Trinajstić information content (AvgIpc) is 3.32. The monoisotopic (exact) mass is 390 g/mol. The highest BCUT2D eigenvalue weighted by atomic mass is 16.3. The van der Waals surface area contributed by atoms with Crippen molar-refractivity contribution in [3.05, 3.63) is 47.3 Å². The Labute approximate surface area is 172 Å². The van der Waals surface area contributed by atoms with Crippen LogP contribution in [0.2, 0.25) is 0 Å². The quantitative estimate of drug-likeness (QED) is 0.596. The van der Waals surface area contributed by atoms with Crippen LogP contribution in [0, 0.1) is 17.3 Å². The van der Waals surface area contributed by atoms with Crippen LogP contribution in [0.4, 0.5) is 0 Å². The van der Waals surface area contributed by atoms with Crippen molar-refractivity contribution < 1.29 is 5.11 Å². The van der Waals surface area contributed by atoms with E-state index in [4.69, 9.17) is 5.10 Å². The van der Waals surface area contributed by atoms with Gasteiger partial charge < -0.3 is 5.11 Å². The van der Waals surface area contributed by atoms with Crippen LogP contribution in [0.5, 0.6) is 5.75 Å². The summed E-state index contributed by atoms with van der Waals surface area (Å²) in [6, 6.07) is 6.02. The number of aromatic hydroxyl groups is 1. The van der Waals surface area contributed by atoms with Crippen LogP contribution in [-0.4, -0.2) is 26.8 Å². The van der Waals surface area contributed by atoms with E-state index >= 15 is 0 Å². The molecule has 1 N–H and O–H groups in total. The lowest BCUT2D eigenvalue weighted by molar-refractivity contribution is 0.0955. The van der Waals surface area contributed by atoms with Crippen LogP contribution < -0.4 is 0 Å². The Bertz CT molecular complexity index is 975. The molecule has 5 nitrogen and oxygen atoms in total. The third-order valence-electron chi connectivity index (χ3n) is 7.81. The summed E-state index contributed by atoms with van der Waals surface area (Å²) >= 11 is 0. The van der Waals surface area contributed by atoms with Crippen molar-refractivity contribution in [3.8, 4) is 5.75 Å². The van der Waals surface area contributed by atoms with Gasteiger partial charge in [-0.1, -0.05) is 13.0 Å². The van der Waals surface area contributed by atoms with Crippen LogP contribution >= 0.6 is 0 Å². The molecule has 2 fully saturated rings. The van der Waals surface area contributed by atoms with E-state index in [2.05, 4.69) is 30.1 Å². The van der Waals surface area contributed by atoms with Gasteiger partial charge in [-0.15, -0.1) is 0 Å². The average molecular weight is 391 g/mol. The fraction of sp³-hybridized carbons (Fsp3) is 0.542. The van der Waals surface area contributed by atoms with Gasteiger partial charge in [0.1, 0.15) is 5.75 Å². The van der Waals surface area contributed by atoms with E-state index < -0.39 is 0 Å². The standard InChI is InChI=1S/C24H30N4O/c1-3-28-15-16(14-26-28)13-25-27-23-9-8-22-21-6-4-17-12-18(29)5-7-19(17)20(21)10-11-24(22,23)2/h5,7,12-15,20-22,29H,3-4,6,8-11H2,1-2H3/b25-13-,27-23-/t20-,21-,22+,24-/m0/s1. The summed E-state index contributed by atoms with van der Waals surface area (Å²) in [5.41, 5.74) is 5.32. The Balaban J connectivity index is 1.37. The maximum atomic E-state index is 9.86. The summed E-state index contributed by atoms with van der Waals surface area (Å²) in [6.07, 6.45) is 12.7. The minimum absolute atomic E-state index is 0.181. The lowest BCUT2D eigenvalue weighted by Gasteiger charge is -2.49. The van der Waals surface area contributed by atoms with Gasteiger partial charge >= 0.3 is 0 Å². The minimum atomic E-state index is 0.181. The van der Waals surface area contributed by atoms with Crippen LogP contribution in [0.3, 0.4) is 0 Å². The van der Waals surface area contributed by atoms with E-state index in [1.54, 1.807) is 0 Å². The lowest BCUT2D eigenvalue weighted by Crippen LogP contribution is -2.42. The fourth-order valence-electron chi connectivity index (χ4n) is 6.31. The second-order valence-electron chi connectivity index (χ2n) is 9.21. The van der Waals surface area contributed by atoms with E-state index in [0.717, 1.165) is 30.9 Å². The van der Waals surface area contributed by atoms with E-state index in [1.165, 1.54) is 42.5 Å². The molecule has 5 rings (SSSR count). The Kier molecular flexibility index (Phi) is 4.56. The van der Waals surface area contributed by atoms with Gasteiger partial charge in [-0.3, -0.25) is 4.68 Å². The van der Waals surface area contributed by atoms with Gasteiger partial charge in [0.25, 0.3) is 0 Å². The van der Waals surface area contributed by atoms with Crippen molar-refractivity contribution in [2.75, 3.05) is 0 Å². The first-order chi connectivity index (χ1) is 14.1. The normalized spacial score (nSPS) is 32.3. The topological polar surface area (TPSA) is 62.8 Å². The van der Waals surface area contributed by atoms with Crippen molar-refractivity contribution in [2.45, 2.75) is 64.8 Å². The molecule has 4 atom stereocenters. The molecule has 1 aromatic carbocycles. The number of nitrogens with zero attached hydrogens (tertiary/aromatic N) is 4. The van der Waals surface area contributed by atoms with Crippen LogP contribution in [0.1, 0.15) is 68.6 Å². The van der Waals surface area contributed by atoms with Gasteiger partial charge in [-0.05, 0) is 86.5 Å². The van der Waals surface area contributed by atoms with Crippen molar-refractivity contribution in [2.24, 2.45) is 27.5 Å². The third kappa shape index (κ3) is 3.11. The molecular weight excluding hydrogens is 360 g/mol. The second-order valence-corrected chi connectivity index (χ2v) is 9.21. The zero-order valence-electron chi connectivity index (χ0n) is 17.4. The molecule has 2 saturated carbocycles. The van der Waals surface area contributed by atoms with E-state index in [1.807, 2.05) is 35.4 Å². The SMILES string of the molecule is CCn1cc(/C=N\N=C2\CC[C@@H]3[C@H]4CCc5cc(O)ccc5[C@@H]4CC[C@]23C)cn1. The molecule has 3 aliphatic carbocycles. The van der Waals surface area contributed by atoms with Crippen LogP contribution in [0.25, 0.3) is 0 Å². The zero-order valence-corrected chi connectivity index (χ0v) is 17.4. The lowest BCUT2D eigenvalue weighted by atomic mass is 9.55. The van der Waals surface area contributed by atoms with Gasteiger partial charge in [0, 0.05) is 29.4 Å². The third-order valence-corrected chi connectivity index (χ3v) is 7.81. The summed E-state index contributed by atoms with van der Waals surface area (Å²) in [4.78, 5) is 0. The Morgan fingerprint density at radius 3 is 3.00 bits per heavy atom. The molecule has 3 aliphatic rings. The van der Waals surface area contributed by atoms with Crippen LogP contribution in [-0.2, 0) is 13.0 Å².